The first-order chi connectivity index (χ1) is 15.5. The molecule has 0 aliphatic heterocycles. The molecule has 0 unspecified atom stereocenters. The van der Waals surface area contributed by atoms with Crippen molar-refractivity contribution in [3.8, 4) is 34.5 Å². The van der Waals surface area contributed by atoms with Gasteiger partial charge in [0.15, 0.2) is 5.65 Å². The van der Waals surface area contributed by atoms with Gasteiger partial charge in [0.25, 0.3) is 0 Å². The number of aromatic nitrogens is 3. The first-order valence-corrected chi connectivity index (χ1v) is 9.85. The van der Waals surface area contributed by atoms with Gasteiger partial charge in [-0.3, -0.25) is 4.40 Å². The number of carbonyl (C=O) groups is 1. The van der Waals surface area contributed by atoms with Crippen LogP contribution in [0.15, 0.2) is 60.9 Å². The van der Waals surface area contributed by atoms with Crippen LogP contribution in [0, 0.1) is 11.3 Å². The Kier molecular flexibility index (Phi) is 5.73. The van der Waals surface area contributed by atoms with Crippen LogP contribution < -0.4 is 4.74 Å². The highest BCUT2D eigenvalue weighted by Crippen LogP contribution is 2.36. The van der Waals surface area contributed by atoms with Crippen LogP contribution in [0.1, 0.15) is 11.1 Å². The number of fused-ring (bicyclic) bond motifs is 1. The topological polar surface area (TPSA) is 92.8 Å². The van der Waals surface area contributed by atoms with E-state index in [0.29, 0.717) is 29.5 Å². The largest absolute Gasteiger partial charge is 0.468 e. The molecule has 0 saturated heterocycles. The quantitative estimate of drug-likeness (QED) is 0.475. The van der Waals surface area contributed by atoms with Gasteiger partial charge in [-0.05, 0) is 23.3 Å². The maximum atomic E-state index is 11.7. The summed E-state index contributed by atoms with van der Waals surface area (Å²) in [6, 6.07) is 17.7. The van der Waals surface area contributed by atoms with Gasteiger partial charge < -0.3 is 14.4 Å². The van der Waals surface area contributed by atoms with Crippen LogP contribution in [0.4, 0.5) is 4.79 Å². The van der Waals surface area contributed by atoms with Crippen LogP contribution in [0.5, 0.6) is 6.01 Å². The normalized spacial score (nSPS) is 10.6. The molecule has 0 saturated carbocycles. The van der Waals surface area contributed by atoms with Crippen LogP contribution >= 0.6 is 0 Å². The van der Waals surface area contributed by atoms with Crippen molar-refractivity contribution in [2.45, 2.75) is 6.54 Å². The van der Waals surface area contributed by atoms with Crippen LogP contribution in [0.2, 0.25) is 0 Å². The Morgan fingerprint density at radius 1 is 1.09 bits per heavy atom. The summed E-state index contributed by atoms with van der Waals surface area (Å²) < 4.78 is 12.0. The summed E-state index contributed by atoms with van der Waals surface area (Å²) in [4.78, 5) is 22.5. The SMILES string of the molecule is COC(=O)N(C)Cc1ccc(-c2c(-c3ccc(C#N)cc3)nc(OC)n3ccnc23)cc1. The lowest BCUT2D eigenvalue weighted by Gasteiger charge is -2.16. The van der Waals surface area contributed by atoms with E-state index >= 15 is 0 Å². The van der Waals surface area contributed by atoms with Crippen molar-refractivity contribution in [2.24, 2.45) is 0 Å². The summed E-state index contributed by atoms with van der Waals surface area (Å²) in [6.45, 7) is 0.426. The summed E-state index contributed by atoms with van der Waals surface area (Å²) in [5, 5.41) is 9.13. The molecule has 8 nitrogen and oxygen atoms in total. The van der Waals surface area contributed by atoms with Crippen molar-refractivity contribution in [1.82, 2.24) is 19.3 Å². The third kappa shape index (κ3) is 3.84. The van der Waals surface area contributed by atoms with Crippen molar-refractivity contribution in [3.05, 3.63) is 72.1 Å². The highest BCUT2D eigenvalue weighted by atomic mass is 16.5. The number of ether oxygens (including phenoxy) is 2. The number of nitriles is 1. The number of hydrogen-bond acceptors (Lipinski definition) is 6. The van der Waals surface area contributed by atoms with E-state index in [9.17, 15) is 4.79 Å². The molecule has 0 aliphatic rings. The molecule has 0 spiro atoms. The third-order valence-corrected chi connectivity index (χ3v) is 5.13. The predicted octanol–water partition coefficient (Wildman–Crippen LogP) is 4.14. The number of rotatable bonds is 5. The molecule has 0 aliphatic carbocycles. The fourth-order valence-corrected chi connectivity index (χ4v) is 3.55. The van der Waals surface area contributed by atoms with E-state index in [1.54, 1.807) is 43.1 Å². The molecule has 160 valence electrons. The van der Waals surface area contributed by atoms with Crippen molar-refractivity contribution < 1.29 is 14.3 Å². The second-order valence-electron chi connectivity index (χ2n) is 7.16. The fraction of sp³-hybridized carbons (Fsp3) is 0.167. The number of imidazole rings is 1. The minimum absolute atomic E-state index is 0.393. The zero-order valence-corrected chi connectivity index (χ0v) is 17.9. The van der Waals surface area contributed by atoms with Crippen molar-refractivity contribution in [3.63, 3.8) is 0 Å². The van der Waals surface area contributed by atoms with E-state index < -0.39 is 6.09 Å². The van der Waals surface area contributed by atoms with Crippen LogP contribution in [-0.2, 0) is 11.3 Å². The molecule has 2 aromatic carbocycles. The first-order valence-electron chi connectivity index (χ1n) is 9.85. The molecule has 32 heavy (non-hydrogen) atoms. The van der Waals surface area contributed by atoms with Crippen LogP contribution in [-0.4, -0.2) is 46.6 Å². The smallest absolute Gasteiger partial charge is 0.409 e. The van der Waals surface area contributed by atoms with Crippen molar-refractivity contribution >= 4 is 11.7 Å². The van der Waals surface area contributed by atoms with E-state index in [1.165, 1.54) is 12.0 Å². The molecule has 1 amide bonds. The number of benzene rings is 2. The molecule has 4 aromatic rings. The zero-order chi connectivity index (χ0) is 22.7. The van der Waals surface area contributed by atoms with Gasteiger partial charge in [-0.15, -0.1) is 0 Å². The van der Waals surface area contributed by atoms with Gasteiger partial charge in [-0.25, -0.2) is 9.78 Å². The number of amides is 1. The van der Waals surface area contributed by atoms with Gasteiger partial charge in [-0.2, -0.15) is 10.2 Å². The average Bonchev–Trinajstić information content (AvgIpc) is 3.33. The summed E-state index contributed by atoms with van der Waals surface area (Å²) in [6.07, 6.45) is 3.11. The van der Waals surface area contributed by atoms with Gasteiger partial charge >= 0.3 is 12.1 Å². The van der Waals surface area contributed by atoms with Gasteiger partial charge in [0, 0.05) is 31.5 Å². The molecule has 0 bridgehead atoms. The van der Waals surface area contributed by atoms with Crippen LogP contribution in [0.3, 0.4) is 0 Å². The molecule has 4 rings (SSSR count). The molecule has 2 aromatic heterocycles. The van der Waals surface area contributed by atoms with Crippen molar-refractivity contribution in [2.75, 3.05) is 21.3 Å². The minimum atomic E-state index is -0.393. The molecule has 2 heterocycles. The van der Waals surface area contributed by atoms with Crippen LogP contribution in [0.25, 0.3) is 28.0 Å². The van der Waals surface area contributed by atoms with E-state index in [1.807, 2.05) is 36.4 Å². The predicted molar refractivity (Wildman–Crippen MR) is 119 cm³/mol. The summed E-state index contributed by atoms with van der Waals surface area (Å²) in [5.74, 6) is 0. The fourth-order valence-electron chi connectivity index (χ4n) is 3.55. The highest BCUT2D eigenvalue weighted by molar-refractivity contribution is 5.90. The average molecular weight is 427 g/mol. The Hall–Kier alpha value is -4.38. The van der Waals surface area contributed by atoms with E-state index in [2.05, 4.69) is 11.1 Å². The molecular weight excluding hydrogens is 406 g/mol. The lowest BCUT2D eigenvalue weighted by molar-refractivity contribution is 0.131. The Morgan fingerprint density at radius 3 is 2.41 bits per heavy atom. The first kappa shape index (κ1) is 20.9. The lowest BCUT2D eigenvalue weighted by atomic mass is 9.98. The Labute approximate surface area is 185 Å². The minimum Gasteiger partial charge on any atom is -0.468 e. The van der Waals surface area contributed by atoms with Gasteiger partial charge in [0.2, 0.25) is 0 Å². The van der Waals surface area contributed by atoms with E-state index in [4.69, 9.17) is 19.7 Å². The van der Waals surface area contributed by atoms with Gasteiger partial charge in [0.1, 0.15) is 0 Å². The maximum Gasteiger partial charge on any atom is 0.409 e. The molecule has 0 radical (unpaired) electrons. The molecule has 0 atom stereocenters. The van der Waals surface area contributed by atoms with Gasteiger partial charge in [0.05, 0.1) is 37.1 Å². The second-order valence-corrected chi connectivity index (χ2v) is 7.16. The number of hydrogen-bond donors (Lipinski definition) is 0. The number of carbonyl (C=O) groups excluding carboxylic acids is 1. The van der Waals surface area contributed by atoms with E-state index in [-0.39, 0.29) is 0 Å². The monoisotopic (exact) mass is 427 g/mol. The molecule has 0 N–H and O–H groups in total. The number of nitrogens with zero attached hydrogens (tertiary/aromatic N) is 5. The molecule has 0 fully saturated rings. The van der Waals surface area contributed by atoms with Gasteiger partial charge in [-0.1, -0.05) is 36.4 Å². The molecular formula is C24H21N5O3. The number of methoxy groups -OCH3 is 2. The highest BCUT2D eigenvalue weighted by Gasteiger charge is 2.19. The second kappa shape index (κ2) is 8.78. The zero-order valence-electron chi connectivity index (χ0n) is 17.9. The summed E-state index contributed by atoms with van der Waals surface area (Å²) in [7, 11) is 4.61. The van der Waals surface area contributed by atoms with Crippen molar-refractivity contribution in [1.29, 1.82) is 5.26 Å². The Bertz CT molecular complexity index is 1300. The summed E-state index contributed by atoms with van der Waals surface area (Å²) >= 11 is 0. The summed E-state index contributed by atoms with van der Waals surface area (Å²) in [5.41, 5.74) is 5.54. The Morgan fingerprint density at radius 2 is 1.78 bits per heavy atom. The third-order valence-electron chi connectivity index (χ3n) is 5.13. The van der Waals surface area contributed by atoms with E-state index in [0.717, 1.165) is 22.3 Å². The molecule has 8 heteroatoms. The standard InChI is InChI=1S/C24H21N5O3/c1-28(24(30)32-3)15-17-6-8-18(9-7-17)20-21(19-10-4-16(14-25)5-11-19)27-23(31-2)29-13-12-26-22(20)29/h4-13H,15H2,1-3H3. The maximum absolute atomic E-state index is 11.7. The Balaban J connectivity index is 1.83. The lowest BCUT2D eigenvalue weighted by Crippen LogP contribution is -2.25.